The lowest BCUT2D eigenvalue weighted by Crippen LogP contribution is -2.21. The molecule has 0 spiro atoms. The first kappa shape index (κ1) is 9.56. The van der Waals surface area contributed by atoms with E-state index in [1.807, 2.05) is 0 Å². The molecule has 0 atom stereocenters. The zero-order valence-electron chi connectivity index (χ0n) is 7.55. The van der Waals surface area contributed by atoms with Crippen LogP contribution in [0.5, 0.6) is 0 Å². The number of carbonyl (C=O) groups is 1. The zero-order chi connectivity index (χ0) is 8.81. The van der Waals surface area contributed by atoms with Crippen LogP contribution in [0.4, 0.5) is 0 Å². The molecule has 0 bridgehead atoms. The lowest BCUT2D eigenvalue weighted by Gasteiger charge is -2.21. The number of hydrogen-bond donors (Lipinski definition) is 0. The lowest BCUT2D eigenvalue weighted by molar-refractivity contribution is -0.305. The molecule has 1 fully saturated rings. The summed E-state index contributed by atoms with van der Waals surface area (Å²) in [7, 11) is 0. The minimum absolute atomic E-state index is 0.247. The van der Waals surface area contributed by atoms with Crippen LogP contribution in [-0.4, -0.2) is 5.97 Å². The van der Waals surface area contributed by atoms with E-state index in [0.29, 0.717) is 0 Å². The lowest BCUT2D eigenvalue weighted by atomic mass is 9.86. The molecule has 0 aromatic carbocycles. The molecule has 2 nitrogen and oxygen atoms in total. The van der Waals surface area contributed by atoms with Crippen molar-refractivity contribution in [1.82, 2.24) is 0 Å². The topological polar surface area (TPSA) is 40.1 Å². The minimum Gasteiger partial charge on any atom is -0.550 e. The second-order valence-corrected chi connectivity index (χ2v) is 3.77. The standard InChI is InChI=1S/C10H18O2/c11-10(12)8-4-7-9-5-2-1-3-6-9/h9H,1-8H2,(H,11,12)/p-1. The van der Waals surface area contributed by atoms with Crippen LogP contribution in [0.2, 0.25) is 0 Å². The van der Waals surface area contributed by atoms with Gasteiger partial charge in [-0.2, -0.15) is 0 Å². The molecule has 2 heteroatoms. The summed E-state index contributed by atoms with van der Waals surface area (Å²) in [5, 5.41) is 10.1. The SMILES string of the molecule is O=C([O-])CCCC1CCCCC1. The third-order valence-electron chi connectivity index (χ3n) is 2.72. The van der Waals surface area contributed by atoms with Crippen LogP contribution < -0.4 is 5.11 Å². The summed E-state index contributed by atoms with van der Waals surface area (Å²) < 4.78 is 0. The molecule has 70 valence electrons. The summed E-state index contributed by atoms with van der Waals surface area (Å²) >= 11 is 0. The Balaban J connectivity index is 2.01. The van der Waals surface area contributed by atoms with Crippen LogP contribution in [0, 0.1) is 5.92 Å². The van der Waals surface area contributed by atoms with Gasteiger partial charge < -0.3 is 9.90 Å². The van der Waals surface area contributed by atoms with Gasteiger partial charge in [-0.1, -0.05) is 38.5 Å². The fourth-order valence-corrected chi connectivity index (χ4v) is 2.01. The van der Waals surface area contributed by atoms with E-state index in [0.717, 1.165) is 18.8 Å². The maximum absolute atomic E-state index is 10.1. The molecule has 0 saturated heterocycles. The van der Waals surface area contributed by atoms with Gasteiger partial charge in [-0.15, -0.1) is 0 Å². The van der Waals surface area contributed by atoms with E-state index in [-0.39, 0.29) is 6.42 Å². The molecule has 0 aliphatic heterocycles. The van der Waals surface area contributed by atoms with Crippen LogP contribution in [-0.2, 0) is 4.79 Å². The van der Waals surface area contributed by atoms with Crippen LogP contribution >= 0.6 is 0 Å². The zero-order valence-corrected chi connectivity index (χ0v) is 7.55. The van der Waals surface area contributed by atoms with Crippen LogP contribution in [0.25, 0.3) is 0 Å². The average molecular weight is 169 g/mol. The summed E-state index contributed by atoms with van der Waals surface area (Å²) in [4.78, 5) is 10.1. The highest BCUT2D eigenvalue weighted by molar-refractivity contribution is 5.64. The van der Waals surface area contributed by atoms with Gasteiger partial charge in [0.15, 0.2) is 0 Å². The van der Waals surface area contributed by atoms with Crippen molar-refractivity contribution in [3.8, 4) is 0 Å². The van der Waals surface area contributed by atoms with Crippen molar-refractivity contribution >= 4 is 5.97 Å². The molecule has 0 aromatic rings. The highest BCUT2D eigenvalue weighted by atomic mass is 16.4. The Morgan fingerprint density at radius 1 is 1.25 bits per heavy atom. The van der Waals surface area contributed by atoms with Gasteiger partial charge in [0.1, 0.15) is 0 Å². The van der Waals surface area contributed by atoms with Gasteiger partial charge in [0, 0.05) is 5.97 Å². The molecular formula is C10H17O2-. The monoisotopic (exact) mass is 169 g/mol. The molecule has 0 N–H and O–H groups in total. The van der Waals surface area contributed by atoms with Crippen molar-refractivity contribution < 1.29 is 9.90 Å². The Morgan fingerprint density at radius 3 is 2.50 bits per heavy atom. The maximum Gasteiger partial charge on any atom is 0.0414 e. The number of carbonyl (C=O) groups excluding carboxylic acids is 1. The molecule has 1 aliphatic rings. The normalized spacial score (nSPS) is 19.3. The smallest absolute Gasteiger partial charge is 0.0414 e. The van der Waals surface area contributed by atoms with Crippen molar-refractivity contribution in [1.29, 1.82) is 0 Å². The summed E-state index contributed by atoms with van der Waals surface area (Å²) in [6.07, 6.45) is 8.83. The average Bonchev–Trinajstić information content (AvgIpc) is 2.05. The van der Waals surface area contributed by atoms with E-state index >= 15 is 0 Å². The largest absolute Gasteiger partial charge is 0.550 e. The second-order valence-electron chi connectivity index (χ2n) is 3.77. The first-order valence-electron chi connectivity index (χ1n) is 4.99. The minimum atomic E-state index is -0.897. The van der Waals surface area contributed by atoms with Gasteiger partial charge in [0.05, 0.1) is 0 Å². The Bertz CT molecular complexity index is 137. The van der Waals surface area contributed by atoms with Crippen molar-refractivity contribution in [3.05, 3.63) is 0 Å². The molecule has 1 saturated carbocycles. The molecule has 0 amide bonds. The predicted molar refractivity (Wildman–Crippen MR) is 45.4 cm³/mol. The summed E-state index contributed by atoms with van der Waals surface area (Å²) in [6.45, 7) is 0. The second kappa shape index (κ2) is 5.18. The number of hydrogen-bond acceptors (Lipinski definition) is 2. The summed E-state index contributed by atoms with van der Waals surface area (Å²) in [5.74, 6) is -0.0936. The number of rotatable bonds is 4. The van der Waals surface area contributed by atoms with Gasteiger partial charge in [-0.3, -0.25) is 0 Å². The van der Waals surface area contributed by atoms with E-state index in [2.05, 4.69) is 0 Å². The van der Waals surface area contributed by atoms with Crippen molar-refractivity contribution in [2.75, 3.05) is 0 Å². The summed E-state index contributed by atoms with van der Waals surface area (Å²) in [5.41, 5.74) is 0. The molecule has 1 rings (SSSR count). The molecule has 0 radical (unpaired) electrons. The van der Waals surface area contributed by atoms with Crippen molar-refractivity contribution in [3.63, 3.8) is 0 Å². The fourth-order valence-electron chi connectivity index (χ4n) is 2.01. The van der Waals surface area contributed by atoms with Crippen LogP contribution in [0.1, 0.15) is 51.4 Å². The van der Waals surface area contributed by atoms with Crippen LogP contribution in [0.3, 0.4) is 0 Å². The molecule has 0 unspecified atom stereocenters. The first-order valence-corrected chi connectivity index (χ1v) is 4.99. The van der Waals surface area contributed by atoms with Gasteiger partial charge in [-0.05, 0) is 18.8 Å². The Morgan fingerprint density at radius 2 is 1.92 bits per heavy atom. The highest BCUT2D eigenvalue weighted by Gasteiger charge is 2.12. The fraction of sp³-hybridized carbons (Fsp3) is 0.900. The van der Waals surface area contributed by atoms with Gasteiger partial charge in [0.2, 0.25) is 0 Å². The number of carboxylic acids is 1. The van der Waals surface area contributed by atoms with Crippen LogP contribution in [0.15, 0.2) is 0 Å². The molecule has 0 aromatic heterocycles. The van der Waals surface area contributed by atoms with Gasteiger partial charge in [-0.25, -0.2) is 0 Å². The highest BCUT2D eigenvalue weighted by Crippen LogP contribution is 2.27. The molecular weight excluding hydrogens is 152 g/mol. The Hall–Kier alpha value is -0.530. The van der Waals surface area contributed by atoms with E-state index in [1.165, 1.54) is 32.1 Å². The maximum atomic E-state index is 10.1. The predicted octanol–water partition coefficient (Wildman–Crippen LogP) is 1.49. The number of aliphatic carboxylic acids is 1. The first-order chi connectivity index (χ1) is 5.79. The Labute approximate surface area is 74.0 Å². The van der Waals surface area contributed by atoms with Crippen molar-refractivity contribution in [2.24, 2.45) is 5.92 Å². The molecule has 12 heavy (non-hydrogen) atoms. The van der Waals surface area contributed by atoms with E-state index in [9.17, 15) is 9.90 Å². The third-order valence-corrected chi connectivity index (χ3v) is 2.72. The van der Waals surface area contributed by atoms with E-state index in [4.69, 9.17) is 0 Å². The van der Waals surface area contributed by atoms with E-state index < -0.39 is 5.97 Å². The van der Waals surface area contributed by atoms with E-state index in [1.54, 1.807) is 0 Å². The molecule has 1 aliphatic carbocycles. The summed E-state index contributed by atoms with van der Waals surface area (Å²) in [6, 6.07) is 0. The number of carboxylic acid groups (broad SMARTS) is 1. The Kier molecular flexibility index (Phi) is 4.12. The van der Waals surface area contributed by atoms with Gasteiger partial charge >= 0.3 is 0 Å². The van der Waals surface area contributed by atoms with Gasteiger partial charge in [0.25, 0.3) is 0 Å². The quantitative estimate of drug-likeness (QED) is 0.639. The molecule has 0 heterocycles. The third kappa shape index (κ3) is 3.74. The van der Waals surface area contributed by atoms with Crippen molar-refractivity contribution in [2.45, 2.75) is 51.4 Å².